The van der Waals surface area contributed by atoms with Crippen molar-refractivity contribution in [3.05, 3.63) is 49.6 Å². The van der Waals surface area contributed by atoms with E-state index in [2.05, 4.69) is 11.8 Å². The van der Waals surface area contributed by atoms with E-state index in [9.17, 15) is 19.1 Å². The minimum absolute atomic E-state index is 0.0176. The van der Waals surface area contributed by atoms with Gasteiger partial charge in [-0.05, 0) is 70.7 Å². The number of nitrogens with zero attached hydrogens (tertiary/aromatic N) is 1. The van der Waals surface area contributed by atoms with Gasteiger partial charge in [-0.1, -0.05) is 35.0 Å². The zero-order valence-electron chi connectivity index (χ0n) is 18.0. The van der Waals surface area contributed by atoms with Crippen LogP contribution in [-0.2, 0) is 0 Å². The number of benzene rings is 1. The van der Waals surface area contributed by atoms with Gasteiger partial charge < -0.3 is 10.0 Å². The predicted molar refractivity (Wildman–Crippen MR) is 128 cm³/mol. The van der Waals surface area contributed by atoms with Gasteiger partial charge in [0.1, 0.15) is 11.0 Å². The molecule has 4 nitrogen and oxygen atoms in total. The van der Waals surface area contributed by atoms with Crippen molar-refractivity contribution < 1.29 is 19.1 Å². The van der Waals surface area contributed by atoms with E-state index in [1.165, 1.54) is 17.0 Å². The minimum Gasteiger partial charge on any atom is -0.477 e. The van der Waals surface area contributed by atoms with Crippen molar-refractivity contribution in [3.63, 3.8) is 0 Å². The van der Waals surface area contributed by atoms with Crippen LogP contribution in [0.5, 0.6) is 0 Å². The van der Waals surface area contributed by atoms with Crippen LogP contribution in [0.15, 0.2) is 24.3 Å². The lowest BCUT2D eigenvalue weighted by molar-refractivity contribution is 0.0702. The molecule has 32 heavy (non-hydrogen) atoms. The topological polar surface area (TPSA) is 57.6 Å². The first-order valence-corrected chi connectivity index (χ1v) is 11.9. The quantitative estimate of drug-likeness (QED) is 0.461. The number of anilines is 1. The molecule has 1 fully saturated rings. The highest BCUT2D eigenvalue weighted by Crippen LogP contribution is 2.37. The maximum absolute atomic E-state index is 13.8. The zero-order valence-corrected chi connectivity index (χ0v) is 20.4. The molecule has 0 saturated heterocycles. The summed E-state index contributed by atoms with van der Waals surface area (Å²) in [5.41, 5.74) is 0.210. The maximum Gasteiger partial charge on any atom is 0.348 e. The number of halogens is 3. The molecule has 170 valence electrons. The molecule has 0 radical (unpaired) electrons. The molecule has 0 aliphatic heterocycles. The minimum atomic E-state index is -1.15. The Balaban J connectivity index is 2.12. The van der Waals surface area contributed by atoms with Crippen LogP contribution < -0.4 is 4.90 Å². The van der Waals surface area contributed by atoms with Crippen LogP contribution in [0.2, 0.25) is 10.0 Å². The molecule has 8 heteroatoms. The number of rotatable bonds is 4. The molecule has 3 rings (SSSR count). The number of hydrogen-bond acceptors (Lipinski definition) is 3. The Hall–Kier alpha value is -2.07. The molecule has 1 aliphatic rings. The number of thiophene rings is 1. The number of carbonyl (C=O) groups is 2. The summed E-state index contributed by atoms with van der Waals surface area (Å²) in [6.45, 7) is 5.88. The van der Waals surface area contributed by atoms with Crippen molar-refractivity contribution in [2.75, 3.05) is 4.90 Å². The molecule has 1 heterocycles. The third kappa shape index (κ3) is 5.83. The van der Waals surface area contributed by atoms with Crippen LogP contribution in [0.3, 0.4) is 0 Å². The molecule has 0 atom stereocenters. The van der Waals surface area contributed by atoms with Crippen molar-refractivity contribution in [2.45, 2.75) is 58.7 Å². The van der Waals surface area contributed by atoms with E-state index < -0.39 is 18.0 Å². The second kappa shape index (κ2) is 9.82. The number of amides is 1. The largest absolute Gasteiger partial charge is 0.477 e. The predicted octanol–water partition coefficient (Wildman–Crippen LogP) is 7.08. The van der Waals surface area contributed by atoms with Gasteiger partial charge in [0.25, 0.3) is 5.91 Å². The summed E-state index contributed by atoms with van der Waals surface area (Å²) < 4.78 is 13.8. The van der Waals surface area contributed by atoms with Gasteiger partial charge in [-0.25, -0.2) is 9.18 Å². The molecule has 1 aromatic heterocycles. The van der Waals surface area contributed by atoms with Gasteiger partial charge in [-0.3, -0.25) is 4.79 Å². The average molecular weight is 496 g/mol. The van der Waals surface area contributed by atoms with Gasteiger partial charge in [0.15, 0.2) is 0 Å². The van der Waals surface area contributed by atoms with Crippen LogP contribution in [-0.4, -0.2) is 29.2 Å². The van der Waals surface area contributed by atoms with Crippen molar-refractivity contribution in [1.82, 2.24) is 0 Å². The summed E-state index contributed by atoms with van der Waals surface area (Å²) in [4.78, 5) is 27.7. The van der Waals surface area contributed by atoms with Crippen molar-refractivity contribution in [1.29, 1.82) is 0 Å². The number of aromatic carboxylic acids is 1. The van der Waals surface area contributed by atoms with E-state index in [0.29, 0.717) is 35.6 Å². The second-order valence-electron chi connectivity index (χ2n) is 8.84. The fourth-order valence-corrected chi connectivity index (χ4v) is 4.91. The van der Waals surface area contributed by atoms with Crippen LogP contribution in [0.25, 0.3) is 0 Å². The molecule has 0 spiro atoms. The van der Waals surface area contributed by atoms with Gasteiger partial charge in [-0.2, -0.15) is 0 Å². The smallest absolute Gasteiger partial charge is 0.348 e. The summed E-state index contributed by atoms with van der Waals surface area (Å²) >= 11 is 13.3. The summed E-state index contributed by atoms with van der Waals surface area (Å²) in [5.74, 6) is 4.54. The number of alkyl halides is 1. The Kier molecular flexibility index (Phi) is 7.54. The van der Waals surface area contributed by atoms with E-state index >= 15 is 0 Å². The third-order valence-electron chi connectivity index (χ3n) is 5.10. The highest BCUT2D eigenvalue weighted by molar-refractivity contribution is 7.15. The SMILES string of the molecule is CC(C)(C)C#Cc1cc(N(C(=O)c2ccc(Cl)cc2Cl)[C@H]2CC[C@H](F)CC2)c(C(=O)O)s1. The Morgan fingerprint density at radius 2 is 1.81 bits per heavy atom. The lowest BCUT2D eigenvalue weighted by atomic mass is 9.92. The fraction of sp³-hybridized carbons (Fsp3) is 0.417. The van der Waals surface area contributed by atoms with Crippen molar-refractivity contribution in [2.24, 2.45) is 5.41 Å². The van der Waals surface area contributed by atoms with Gasteiger partial charge in [0, 0.05) is 16.5 Å². The van der Waals surface area contributed by atoms with Crippen molar-refractivity contribution in [3.8, 4) is 11.8 Å². The summed E-state index contributed by atoms with van der Waals surface area (Å²) in [6, 6.07) is 5.84. The molecule has 1 aliphatic carbocycles. The van der Waals surface area contributed by atoms with Crippen LogP contribution in [0.1, 0.15) is 71.4 Å². The molecule has 1 aromatic carbocycles. The van der Waals surface area contributed by atoms with E-state index in [1.807, 2.05) is 20.8 Å². The molecular formula is C24H24Cl2FNO3S. The highest BCUT2D eigenvalue weighted by atomic mass is 35.5. The van der Waals surface area contributed by atoms with Gasteiger partial charge in [0.2, 0.25) is 0 Å². The molecular weight excluding hydrogens is 472 g/mol. The number of carbonyl (C=O) groups excluding carboxylic acids is 1. The van der Waals surface area contributed by atoms with E-state index in [-0.39, 0.29) is 32.6 Å². The second-order valence-corrected chi connectivity index (χ2v) is 10.7. The summed E-state index contributed by atoms with van der Waals surface area (Å²) in [6.07, 6.45) is 0.557. The standard InChI is InChI=1S/C24H24Cl2FNO3S/c1-24(2,3)11-10-17-13-20(21(32-17)23(30)31)28(16-7-5-15(27)6-8-16)22(29)18-9-4-14(25)12-19(18)26/h4,9,12-13,15-16H,5-8H2,1-3H3,(H,30,31)/t15-,16-. The maximum atomic E-state index is 13.8. The Morgan fingerprint density at radius 1 is 1.16 bits per heavy atom. The van der Waals surface area contributed by atoms with E-state index in [0.717, 1.165) is 11.3 Å². The van der Waals surface area contributed by atoms with Gasteiger partial charge >= 0.3 is 5.97 Å². The number of carboxylic acids is 1. The van der Waals surface area contributed by atoms with Crippen LogP contribution in [0, 0.1) is 17.3 Å². The molecule has 1 saturated carbocycles. The van der Waals surface area contributed by atoms with Gasteiger partial charge in [0.05, 0.1) is 21.2 Å². The summed E-state index contributed by atoms with van der Waals surface area (Å²) in [7, 11) is 0. The molecule has 2 aromatic rings. The number of hydrogen-bond donors (Lipinski definition) is 1. The fourth-order valence-electron chi connectivity index (χ4n) is 3.58. The molecule has 0 bridgehead atoms. The number of carboxylic acid groups (broad SMARTS) is 1. The van der Waals surface area contributed by atoms with E-state index in [1.54, 1.807) is 12.1 Å². The summed E-state index contributed by atoms with van der Waals surface area (Å²) in [5, 5.41) is 10.4. The Morgan fingerprint density at radius 3 is 2.38 bits per heavy atom. The first-order chi connectivity index (χ1) is 15.0. The van der Waals surface area contributed by atoms with Crippen LogP contribution in [0.4, 0.5) is 10.1 Å². The normalized spacial score (nSPS) is 18.6. The molecule has 1 amide bonds. The zero-order chi connectivity index (χ0) is 23.6. The lowest BCUT2D eigenvalue weighted by Gasteiger charge is -2.35. The van der Waals surface area contributed by atoms with E-state index in [4.69, 9.17) is 23.2 Å². The third-order valence-corrected chi connectivity index (χ3v) is 6.67. The van der Waals surface area contributed by atoms with Gasteiger partial charge in [-0.15, -0.1) is 11.3 Å². The highest BCUT2D eigenvalue weighted by Gasteiger charge is 2.34. The monoisotopic (exact) mass is 495 g/mol. The first kappa shape index (κ1) is 24.6. The van der Waals surface area contributed by atoms with Crippen molar-refractivity contribution >= 4 is 52.1 Å². The molecule has 0 unspecified atom stereocenters. The Bertz CT molecular complexity index is 1090. The van der Waals surface area contributed by atoms with Crippen LogP contribution >= 0.6 is 34.5 Å². The first-order valence-electron chi connectivity index (χ1n) is 10.3. The average Bonchev–Trinajstić information content (AvgIpc) is 3.12. The Labute approximate surface area is 201 Å². The molecule has 1 N–H and O–H groups in total. The lowest BCUT2D eigenvalue weighted by Crippen LogP contribution is -2.43.